The van der Waals surface area contributed by atoms with Gasteiger partial charge in [0.05, 0.1) is 6.61 Å². The first-order chi connectivity index (χ1) is 7.83. The minimum atomic E-state index is -0.248. The summed E-state index contributed by atoms with van der Waals surface area (Å²) >= 11 is 0. The Bertz CT molecular complexity index is 328. The number of carbonyl (C=O) groups excluding carboxylic acids is 1. The minimum Gasteiger partial charge on any atom is -0.463 e. The first-order valence-corrected chi connectivity index (χ1v) is 5.70. The standard InChI is InChI=1S/C14H18O2/c1-2-16-14(15)12-8-4-7-11-13-9-5-3-6-10-13/h3,5-6,8-10,12H,2,4,7,11H2,1H3/b12-8+. The van der Waals surface area contributed by atoms with Gasteiger partial charge in [-0.1, -0.05) is 36.4 Å². The molecule has 0 bridgehead atoms. The summed E-state index contributed by atoms with van der Waals surface area (Å²) in [7, 11) is 0. The lowest BCUT2D eigenvalue weighted by Gasteiger charge is -1.98. The lowest BCUT2D eigenvalue weighted by atomic mass is 10.1. The molecule has 0 atom stereocenters. The van der Waals surface area contributed by atoms with Gasteiger partial charge in [-0.15, -0.1) is 0 Å². The zero-order chi connectivity index (χ0) is 11.6. The average Bonchev–Trinajstić information content (AvgIpc) is 2.30. The monoisotopic (exact) mass is 218 g/mol. The van der Waals surface area contributed by atoms with Gasteiger partial charge in [-0.25, -0.2) is 4.79 Å². The van der Waals surface area contributed by atoms with E-state index < -0.39 is 0 Å². The van der Waals surface area contributed by atoms with E-state index in [1.807, 2.05) is 24.3 Å². The van der Waals surface area contributed by atoms with Gasteiger partial charge in [0, 0.05) is 6.08 Å². The van der Waals surface area contributed by atoms with Crippen molar-refractivity contribution in [3.63, 3.8) is 0 Å². The van der Waals surface area contributed by atoms with Crippen molar-refractivity contribution in [2.75, 3.05) is 6.61 Å². The fraction of sp³-hybridized carbons (Fsp3) is 0.357. The normalized spacial score (nSPS) is 10.6. The zero-order valence-electron chi connectivity index (χ0n) is 9.69. The molecule has 0 fully saturated rings. The van der Waals surface area contributed by atoms with Crippen molar-refractivity contribution in [2.45, 2.75) is 26.2 Å². The Morgan fingerprint density at radius 1 is 1.31 bits per heavy atom. The largest absolute Gasteiger partial charge is 0.463 e. The Balaban J connectivity index is 2.15. The predicted molar refractivity (Wildman–Crippen MR) is 65.2 cm³/mol. The summed E-state index contributed by atoms with van der Waals surface area (Å²) in [4.78, 5) is 11.0. The van der Waals surface area contributed by atoms with Gasteiger partial charge >= 0.3 is 5.97 Å². The van der Waals surface area contributed by atoms with Crippen LogP contribution in [-0.4, -0.2) is 12.6 Å². The molecule has 1 aromatic carbocycles. The van der Waals surface area contributed by atoms with Gasteiger partial charge in [0.1, 0.15) is 0 Å². The molecule has 1 rings (SSSR count). The zero-order valence-corrected chi connectivity index (χ0v) is 9.69. The molecule has 86 valence electrons. The van der Waals surface area contributed by atoms with E-state index in [9.17, 15) is 4.79 Å². The number of unbranched alkanes of at least 4 members (excludes halogenated alkanes) is 1. The molecular formula is C14H18O2. The Morgan fingerprint density at radius 3 is 2.75 bits per heavy atom. The average molecular weight is 218 g/mol. The van der Waals surface area contributed by atoms with Crippen LogP contribution in [-0.2, 0) is 16.0 Å². The molecule has 1 aromatic rings. The van der Waals surface area contributed by atoms with Crippen molar-refractivity contribution >= 4 is 5.97 Å². The van der Waals surface area contributed by atoms with Crippen LogP contribution < -0.4 is 0 Å². The summed E-state index contributed by atoms with van der Waals surface area (Å²) < 4.78 is 4.78. The van der Waals surface area contributed by atoms with E-state index in [1.165, 1.54) is 11.6 Å². The van der Waals surface area contributed by atoms with Crippen LogP contribution in [0.5, 0.6) is 0 Å². The number of esters is 1. The van der Waals surface area contributed by atoms with E-state index in [2.05, 4.69) is 12.1 Å². The van der Waals surface area contributed by atoms with Crippen LogP contribution in [0.3, 0.4) is 0 Å². The molecule has 0 heterocycles. The second kappa shape index (κ2) is 7.69. The van der Waals surface area contributed by atoms with E-state index >= 15 is 0 Å². The van der Waals surface area contributed by atoms with Gasteiger partial charge in [0.25, 0.3) is 0 Å². The molecule has 0 unspecified atom stereocenters. The van der Waals surface area contributed by atoms with Crippen LogP contribution in [0.1, 0.15) is 25.3 Å². The molecule has 0 radical (unpaired) electrons. The highest BCUT2D eigenvalue weighted by Crippen LogP contribution is 2.04. The number of hydrogen-bond acceptors (Lipinski definition) is 2. The Morgan fingerprint density at radius 2 is 2.06 bits per heavy atom. The molecule has 0 amide bonds. The number of aryl methyl sites for hydroxylation is 1. The summed E-state index contributed by atoms with van der Waals surface area (Å²) in [5, 5.41) is 0. The number of allylic oxidation sites excluding steroid dienone is 1. The number of hydrogen-bond donors (Lipinski definition) is 0. The first kappa shape index (κ1) is 12.5. The second-order valence-electron chi connectivity index (χ2n) is 3.53. The molecule has 0 aliphatic carbocycles. The third-order valence-electron chi connectivity index (χ3n) is 2.22. The van der Waals surface area contributed by atoms with Gasteiger partial charge in [-0.3, -0.25) is 0 Å². The van der Waals surface area contributed by atoms with Crippen molar-refractivity contribution in [1.82, 2.24) is 0 Å². The van der Waals surface area contributed by atoms with Crippen LogP contribution in [0.25, 0.3) is 0 Å². The third-order valence-corrected chi connectivity index (χ3v) is 2.22. The van der Waals surface area contributed by atoms with Crippen LogP contribution >= 0.6 is 0 Å². The molecule has 0 saturated heterocycles. The van der Waals surface area contributed by atoms with E-state index in [-0.39, 0.29) is 5.97 Å². The molecule has 0 spiro atoms. The quantitative estimate of drug-likeness (QED) is 0.416. The van der Waals surface area contributed by atoms with Gasteiger partial charge in [-0.05, 0) is 31.7 Å². The number of carbonyl (C=O) groups is 1. The summed E-state index contributed by atoms with van der Waals surface area (Å²) in [6.45, 7) is 2.24. The lowest BCUT2D eigenvalue weighted by molar-refractivity contribution is -0.137. The van der Waals surface area contributed by atoms with Crippen LogP contribution in [0.2, 0.25) is 0 Å². The highest BCUT2D eigenvalue weighted by atomic mass is 16.5. The van der Waals surface area contributed by atoms with Crippen molar-refractivity contribution in [3.8, 4) is 0 Å². The third kappa shape index (κ3) is 5.35. The first-order valence-electron chi connectivity index (χ1n) is 5.70. The number of ether oxygens (including phenoxy) is 1. The van der Waals surface area contributed by atoms with Crippen molar-refractivity contribution in [3.05, 3.63) is 48.0 Å². The predicted octanol–water partition coefficient (Wildman–Crippen LogP) is 3.13. The maximum Gasteiger partial charge on any atom is 0.330 e. The topological polar surface area (TPSA) is 26.3 Å². The molecule has 16 heavy (non-hydrogen) atoms. The van der Waals surface area contributed by atoms with E-state index in [0.717, 1.165) is 19.3 Å². The Labute approximate surface area is 96.9 Å². The fourth-order valence-electron chi connectivity index (χ4n) is 1.44. The maximum absolute atomic E-state index is 11.0. The van der Waals surface area contributed by atoms with E-state index in [1.54, 1.807) is 6.92 Å². The van der Waals surface area contributed by atoms with Gasteiger partial charge in [0.2, 0.25) is 0 Å². The smallest absolute Gasteiger partial charge is 0.330 e. The lowest BCUT2D eigenvalue weighted by Crippen LogP contribution is -1.98. The van der Waals surface area contributed by atoms with Crippen molar-refractivity contribution < 1.29 is 9.53 Å². The number of benzene rings is 1. The van der Waals surface area contributed by atoms with Crippen LogP contribution in [0, 0.1) is 0 Å². The summed E-state index contributed by atoms with van der Waals surface area (Å²) in [6.07, 6.45) is 6.40. The molecule has 2 nitrogen and oxygen atoms in total. The summed E-state index contributed by atoms with van der Waals surface area (Å²) in [5.74, 6) is -0.248. The van der Waals surface area contributed by atoms with E-state index in [4.69, 9.17) is 4.74 Å². The van der Waals surface area contributed by atoms with Crippen molar-refractivity contribution in [2.24, 2.45) is 0 Å². The summed E-state index contributed by atoms with van der Waals surface area (Å²) in [5.41, 5.74) is 1.34. The molecule has 0 aliphatic rings. The highest BCUT2D eigenvalue weighted by molar-refractivity contribution is 5.81. The van der Waals surface area contributed by atoms with Gasteiger partial charge in [0.15, 0.2) is 0 Å². The van der Waals surface area contributed by atoms with Crippen LogP contribution in [0.4, 0.5) is 0 Å². The molecule has 0 aliphatic heterocycles. The molecule has 0 N–H and O–H groups in total. The Kier molecular flexibility index (Phi) is 6.00. The highest BCUT2D eigenvalue weighted by Gasteiger charge is 1.93. The number of rotatable bonds is 6. The molecule has 0 saturated carbocycles. The molecule has 0 aromatic heterocycles. The van der Waals surface area contributed by atoms with Crippen molar-refractivity contribution in [1.29, 1.82) is 0 Å². The molecular weight excluding hydrogens is 200 g/mol. The summed E-state index contributed by atoms with van der Waals surface area (Å²) in [6, 6.07) is 10.3. The minimum absolute atomic E-state index is 0.248. The second-order valence-corrected chi connectivity index (χ2v) is 3.53. The Hall–Kier alpha value is -1.57. The fourth-order valence-corrected chi connectivity index (χ4v) is 1.44. The van der Waals surface area contributed by atoms with Crippen LogP contribution in [0.15, 0.2) is 42.5 Å². The SMILES string of the molecule is CCOC(=O)/C=C/CCCc1ccccc1. The van der Waals surface area contributed by atoms with Gasteiger partial charge in [-0.2, -0.15) is 0 Å². The molecule has 2 heteroatoms. The van der Waals surface area contributed by atoms with E-state index in [0.29, 0.717) is 6.61 Å². The maximum atomic E-state index is 11.0. The van der Waals surface area contributed by atoms with Gasteiger partial charge < -0.3 is 4.74 Å².